The number of methoxy groups -OCH3 is 1. The molecule has 0 bridgehead atoms. The van der Waals surface area contributed by atoms with E-state index < -0.39 is 0 Å². The van der Waals surface area contributed by atoms with Gasteiger partial charge in [0.25, 0.3) is 0 Å². The van der Waals surface area contributed by atoms with E-state index in [2.05, 4.69) is 11.8 Å². The highest BCUT2D eigenvalue weighted by molar-refractivity contribution is 6.04. The molecule has 1 amide bonds. The summed E-state index contributed by atoms with van der Waals surface area (Å²) in [5, 5.41) is 0. The first-order chi connectivity index (χ1) is 14.4. The van der Waals surface area contributed by atoms with Crippen LogP contribution in [0.2, 0.25) is 0 Å². The molecule has 0 aliphatic carbocycles. The summed E-state index contributed by atoms with van der Waals surface area (Å²) in [4.78, 5) is 21.8. The summed E-state index contributed by atoms with van der Waals surface area (Å²) in [6, 6.07) is 12.0. The zero-order valence-corrected chi connectivity index (χ0v) is 18.3. The van der Waals surface area contributed by atoms with Gasteiger partial charge in [-0.15, -0.1) is 0 Å². The van der Waals surface area contributed by atoms with Crippen LogP contribution in [0, 0.1) is 12.8 Å². The quantitative estimate of drug-likeness (QED) is 0.742. The zero-order chi connectivity index (χ0) is 21.4. The van der Waals surface area contributed by atoms with E-state index in [9.17, 15) is 4.79 Å². The fourth-order valence-corrected chi connectivity index (χ4v) is 4.04. The Labute approximate surface area is 178 Å². The lowest BCUT2D eigenvalue weighted by molar-refractivity contribution is -0.138. The molecule has 1 fully saturated rings. The number of aryl methyl sites for hydroxylation is 1. The van der Waals surface area contributed by atoms with Gasteiger partial charge in [-0.3, -0.25) is 4.79 Å². The van der Waals surface area contributed by atoms with Gasteiger partial charge in [-0.2, -0.15) is 0 Å². The van der Waals surface area contributed by atoms with Gasteiger partial charge >= 0.3 is 0 Å². The molecule has 0 spiro atoms. The Balaban J connectivity index is 1.74. The van der Waals surface area contributed by atoms with Crippen molar-refractivity contribution in [2.75, 3.05) is 26.7 Å². The highest BCUT2D eigenvalue weighted by Gasteiger charge is 2.32. The Hall–Kier alpha value is -3.02. The minimum atomic E-state index is 0.00252. The molecule has 0 saturated carbocycles. The molecule has 2 aliphatic heterocycles. The second kappa shape index (κ2) is 8.01. The average molecular weight is 408 g/mol. The number of benzene rings is 2. The van der Waals surface area contributed by atoms with Crippen LogP contribution >= 0.6 is 0 Å². The van der Waals surface area contributed by atoms with E-state index in [-0.39, 0.29) is 17.9 Å². The van der Waals surface area contributed by atoms with Crippen molar-refractivity contribution >= 4 is 17.4 Å². The van der Waals surface area contributed by atoms with Crippen LogP contribution in [-0.4, -0.2) is 54.3 Å². The van der Waals surface area contributed by atoms with Crippen LogP contribution in [0.3, 0.4) is 0 Å². The van der Waals surface area contributed by atoms with Crippen molar-refractivity contribution in [1.82, 2.24) is 9.80 Å². The summed E-state index contributed by atoms with van der Waals surface area (Å²) in [6.45, 7) is 10.2. The van der Waals surface area contributed by atoms with E-state index in [1.807, 2.05) is 62.1 Å². The number of nitrogens with zero attached hydrogens (tertiary/aromatic N) is 3. The van der Waals surface area contributed by atoms with Crippen molar-refractivity contribution < 1.29 is 14.3 Å². The van der Waals surface area contributed by atoms with Crippen LogP contribution in [0.4, 0.5) is 5.69 Å². The first kappa shape index (κ1) is 20.3. The van der Waals surface area contributed by atoms with Gasteiger partial charge in [0, 0.05) is 31.6 Å². The molecule has 2 heterocycles. The number of piperazine rings is 1. The first-order valence-corrected chi connectivity index (χ1v) is 10.5. The normalized spacial score (nSPS) is 18.2. The maximum Gasteiger partial charge on any atom is 0.225 e. The number of carbonyl (C=O) groups is 1. The number of hydrogen-bond acceptors (Lipinski definition) is 5. The van der Waals surface area contributed by atoms with Crippen LogP contribution in [0.5, 0.6) is 17.2 Å². The number of carbonyl (C=O) groups excluding carboxylic acids is 1. The number of ether oxygens (including phenoxy) is 2. The lowest BCUT2D eigenvalue weighted by atomic mass is 10.1. The minimum absolute atomic E-state index is 0.00252. The lowest BCUT2D eigenvalue weighted by Crippen LogP contribution is -2.56. The summed E-state index contributed by atoms with van der Waals surface area (Å²) in [5.74, 6) is 3.33. The van der Waals surface area contributed by atoms with Crippen molar-refractivity contribution in [1.29, 1.82) is 0 Å². The zero-order valence-electron chi connectivity index (χ0n) is 18.3. The maximum absolute atomic E-state index is 12.6. The summed E-state index contributed by atoms with van der Waals surface area (Å²) >= 11 is 0. The molecule has 0 aromatic heterocycles. The number of rotatable bonds is 2. The SMILES string of the molecule is COc1ccc2c(c1)C(N1CCN(C(=O)C(C)C)[C@@H](C)C1)=Nc1ccc(C)cc1O2. The Kier molecular flexibility index (Phi) is 5.41. The highest BCUT2D eigenvalue weighted by atomic mass is 16.5. The second-order valence-corrected chi connectivity index (χ2v) is 8.35. The average Bonchev–Trinajstić information content (AvgIpc) is 2.88. The van der Waals surface area contributed by atoms with E-state index >= 15 is 0 Å². The van der Waals surface area contributed by atoms with Crippen molar-refractivity contribution in [3.63, 3.8) is 0 Å². The van der Waals surface area contributed by atoms with Crippen LogP contribution in [0.25, 0.3) is 0 Å². The molecule has 158 valence electrons. The molecule has 2 aromatic carbocycles. The molecule has 0 unspecified atom stereocenters. The predicted molar refractivity (Wildman–Crippen MR) is 118 cm³/mol. The molecule has 0 radical (unpaired) electrons. The van der Waals surface area contributed by atoms with E-state index in [0.29, 0.717) is 6.54 Å². The topological polar surface area (TPSA) is 54.4 Å². The van der Waals surface area contributed by atoms with Gasteiger partial charge < -0.3 is 19.3 Å². The van der Waals surface area contributed by atoms with Crippen LogP contribution in [0.1, 0.15) is 31.9 Å². The van der Waals surface area contributed by atoms with Gasteiger partial charge in [-0.1, -0.05) is 19.9 Å². The van der Waals surface area contributed by atoms with Crippen molar-refractivity contribution in [3.05, 3.63) is 47.5 Å². The second-order valence-electron chi connectivity index (χ2n) is 8.35. The van der Waals surface area contributed by atoms with E-state index in [0.717, 1.165) is 53.0 Å². The summed E-state index contributed by atoms with van der Waals surface area (Å²) in [6.07, 6.45) is 0. The fraction of sp³-hybridized carbons (Fsp3) is 0.417. The van der Waals surface area contributed by atoms with Crippen LogP contribution in [0.15, 0.2) is 41.4 Å². The third kappa shape index (κ3) is 3.74. The third-order valence-corrected chi connectivity index (χ3v) is 5.69. The van der Waals surface area contributed by atoms with Crippen molar-refractivity contribution in [2.24, 2.45) is 10.9 Å². The van der Waals surface area contributed by atoms with E-state index in [1.165, 1.54) is 0 Å². The Bertz CT molecular complexity index is 999. The molecule has 6 heteroatoms. The first-order valence-electron chi connectivity index (χ1n) is 10.5. The number of amidine groups is 1. The van der Waals surface area contributed by atoms with Crippen LogP contribution in [-0.2, 0) is 4.79 Å². The summed E-state index contributed by atoms with van der Waals surface area (Å²) in [5.41, 5.74) is 2.83. The number of aliphatic imine (C=N–C) groups is 1. The van der Waals surface area contributed by atoms with Crippen molar-refractivity contribution in [3.8, 4) is 17.2 Å². The largest absolute Gasteiger partial charge is 0.497 e. The molecule has 6 nitrogen and oxygen atoms in total. The van der Waals surface area contributed by atoms with E-state index in [4.69, 9.17) is 14.5 Å². The summed E-state index contributed by atoms with van der Waals surface area (Å²) < 4.78 is 11.7. The molecular formula is C24H29N3O3. The molecular weight excluding hydrogens is 378 g/mol. The third-order valence-electron chi connectivity index (χ3n) is 5.69. The van der Waals surface area contributed by atoms with Gasteiger partial charge in [0.2, 0.25) is 5.91 Å². The predicted octanol–water partition coefficient (Wildman–Crippen LogP) is 4.38. The van der Waals surface area contributed by atoms with E-state index in [1.54, 1.807) is 7.11 Å². The lowest BCUT2D eigenvalue weighted by Gasteiger charge is -2.42. The van der Waals surface area contributed by atoms with Crippen LogP contribution < -0.4 is 9.47 Å². The Morgan fingerprint density at radius 2 is 1.97 bits per heavy atom. The van der Waals surface area contributed by atoms with Crippen molar-refractivity contribution in [2.45, 2.75) is 33.7 Å². The molecule has 0 N–H and O–H groups in total. The summed E-state index contributed by atoms with van der Waals surface area (Å²) in [7, 11) is 1.66. The Morgan fingerprint density at radius 1 is 1.17 bits per heavy atom. The smallest absolute Gasteiger partial charge is 0.225 e. The standard InChI is InChI=1S/C24H29N3O3/c1-15(2)24(28)27-11-10-26(14-17(27)4)23-19-13-18(29-5)7-9-21(19)30-22-12-16(3)6-8-20(22)25-23/h6-9,12-13,15,17H,10-11,14H2,1-5H3/t17-/m0/s1. The Morgan fingerprint density at radius 3 is 2.67 bits per heavy atom. The highest BCUT2D eigenvalue weighted by Crippen LogP contribution is 2.40. The van der Waals surface area contributed by atoms with Gasteiger partial charge in [0.1, 0.15) is 23.0 Å². The maximum atomic E-state index is 12.6. The number of fused-ring (bicyclic) bond motifs is 2. The molecule has 2 aliphatic rings. The van der Waals surface area contributed by atoms with Gasteiger partial charge in [-0.25, -0.2) is 4.99 Å². The molecule has 1 saturated heterocycles. The molecule has 30 heavy (non-hydrogen) atoms. The molecule has 2 aromatic rings. The number of amides is 1. The van der Waals surface area contributed by atoms with Gasteiger partial charge in [-0.05, 0) is 49.7 Å². The monoisotopic (exact) mass is 407 g/mol. The fourth-order valence-electron chi connectivity index (χ4n) is 4.04. The van der Waals surface area contributed by atoms with Gasteiger partial charge in [0.05, 0.1) is 12.7 Å². The van der Waals surface area contributed by atoms with Gasteiger partial charge in [0.15, 0.2) is 5.75 Å². The number of hydrogen-bond donors (Lipinski definition) is 0. The molecule has 4 rings (SSSR count). The molecule has 1 atom stereocenters. The minimum Gasteiger partial charge on any atom is -0.497 e.